The van der Waals surface area contributed by atoms with Gasteiger partial charge in [-0.3, -0.25) is 4.72 Å². The Labute approximate surface area is 154 Å². The van der Waals surface area contributed by atoms with Gasteiger partial charge in [0.1, 0.15) is 4.90 Å². The third kappa shape index (κ3) is 4.09. The van der Waals surface area contributed by atoms with Crippen LogP contribution in [0.15, 0.2) is 56.7 Å². The molecule has 6 nitrogen and oxygen atoms in total. The van der Waals surface area contributed by atoms with E-state index in [0.29, 0.717) is 4.47 Å². The van der Waals surface area contributed by atoms with Gasteiger partial charge in [-0.05, 0) is 36.4 Å². The molecule has 0 saturated carbocycles. The normalized spacial score (nSPS) is 12.4. The van der Waals surface area contributed by atoms with Crippen molar-refractivity contribution in [3.63, 3.8) is 0 Å². The summed E-state index contributed by atoms with van der Waals surface area (Å²) in [6.45, 7) is 0. The summed E-state index contributed by atoms with van der Waals surface area (Å²) in [6.07, 6.45) is 0. The second kappa shape index (κ2) is 7.01. The predicted octanol–water partition coefficient (Wildman–Crippen LogP) is 3.15. The summed E-state index contributed by atoms with van der Waals surface area (Å²) in [5.41, 5.74) is 0.122. The SMILES string of the molecule is CN(C)S(=O)(=O)c1cccc(NS(=O)(=O)c2ccc(Br)cc2Cl)c1. The average molecular weight is 454 g/mol. The van der Waals surface area contributed by atoms with Crippen molar-refractivity contribution >= 4 is 53.3 Å². The first-order valence-corrected chi connectivity index (χ1v) is 10.6. The average Bonchev–Trinajstić information content (AvgIpc) is 2.46. The van der Waals surface area contributed by atoms with E-state index in [1.54, 1.807) is 6.07 Å². The Morgan fingerprint density at radius 1 is 1.04 bits per heavy atom. The number of nitrogens with one attached hydrogen (secondary N) is 1. The quantitative estimate of drug-likeness (QED) is 0.754. The molecule has 0 saturated heterocycles. The van der Waals surface area contributed by atoms with E-state index in [1.165, 1.54) is 50.5 Å². The van der Waals surface area contributed by atoms with Gasteiger partial charge >= 0.3 is 0 Å². The predicted molar refractivity (Wildman–Crippen MR) is 97.3 cm³/mol. The lowest BCUT2D eigenvalue weighted by molar-refractivity contribution is 0.521. The Hall–Kier alpha value is -1.13. The summed E-state index contributed by atoms with van der Waals surface area (Å²) in [7, 11) is -4.83. The number of hydrogen-bond acceptors (Lipinski definition) is 4. The summed E-state index contributed by atoms with van der Waals surface area (Å²) in [5, 5.41) is 0.0499. The minimum Gasteiger partial charge on any atom is -0.280 e. The zero-order valence-electron chi connectivity index (χ0n) is 12.7. The molecule has 0 bridgehead atoms. The summed E-state index contributed by atoms with van der Waals surface area (Å²) in [5.74, 6) is 0. The van der Waals surface area contributed by atoms with Crippen LogP contribution in [0.5, 0.6) is 0 Å². The van der Waals surface area contributed by atoms with Crippen molar-refractivity contribution in [3.8, 4) is 0 Å². The van der Waals surface area contributed by atoms with Crippen molar-refractivity contribution in [2.24, 2.45) is 0 Å². The van der Waals surface area contributed by atoms with E-state index in [1.807, 2.05) is 0 Å². The minimum atomic E-state index is -3.95. The topological polar surface area (TPSA) is 83.6 Å². The van der Waals surface area contributed by atoms with Crippen LogP contribution in [-0.2, 0) is 20.0 Å². The first kappa shape index (κ1) is 19.2. The highest BCUT2D eigenvalue weighted by Crippen LogP contribution is 2.27. The number of nitrogens with zero attached hydrogens (tertiary/aromatic N) is 1. The largest absolute Gasteiger partial charge is 0.280 e. The molecule has 130 valence electrons. The fourth-order valence-corrected chi connectivity index (χ4v) is 4.87. The van der Waals surface area contributed by atoms with E-state index < -0.39 is 20.0 Å². The maximum Gasteiger partial charge on any atom is 0.263 e. The highest BCUT2D eigenvalue weighted by Gasteiger charge is 2.21. The molecule has 0 amide bonds. The van der Waals surface area contributed by atoms with E-state index >= 15 is 0 Å². The standard InChI is InChI=1S/C14H14BrClN2O4S2/c1-18(2)24(21,22)12-5-3-4-11(9-12)17-23(19,20)14-7-6-10(15)8-13(14)16/h3-9,17H,1-2H3. The second-order valence-corrected chi connectivity index (χ2v) is 10.1. The number of benzene rings is 2. The van der Waals surface area contributed by atoms with Gasteiger partial charge in [0.05, 0.1) is 15.6 Å². The summed E-state index contributed by atoms with van der Waals surface area (Å²) >= 11 is 9.18. The van der Waals surface area contributed by atoms with Crippen LogP contribution in [-0.4, -0.2) is 35.2 Å². The Morgan fingerprint density at radius 2 is 1.71 bits per heavy atom. The van der Waals surface area contributed by atoms with Gasteiger partial charge < -0.3 is 0 Å². The molecule has 0 aliphatic rings. The molecule has 0 heterocycles. The van der Waals surface area contributed by atoms with E-state index in [0.717, 1.165) is 4.31 Å². The van der Waals surface area contributed by atoms with Gasteiger partial charge in [-0.1, -0.05) is 33.6 Å². The van der Waals surface area contributed by atoms with Gasteiger partial charge in [-0.25, -0.2) is 21.1 Å². The zero-order chi connectivity index (χ0) is 18.1. The number of halogens is 2. The first-order chi connectivity index (χ1) is 11.0. The molecule has 0 radical (unpaired) electrons. The maximum atomic E-state index is 12.5. The van der Waals surface area contributed by atoms with E-state index in [4.69, 9.17) is 11.6 Å². The molecule has 0 aromatic heterocycles. The number of hydrogen-bond donors (Lipinski definition) is 1. The second-order valence-electron chi connectivity index (χ2n) is 5.00. The highest BCUT2D eigenvalue weighted by atomic mass is 79.9. The van der Waals surface area contributed by atoms with Crippen LogP contribution in [0.25, 0.3) is 0 Å². The van der Waals surface area contributed by atoms with Crippen molar-refractivity contribution in [2.75, 3.05) is 18.8 Å². The fourth-order valence-electron chi connectivity index (χ4n) is 1.83. The fraction of sp³-hybridized carbons (Fsp3) is 0.143. The molecule has 10 heteroatoms. The molecular weight excluding hydrogens is 440 g/mol. The molecule has 0 fully saturated rings. The number of sulfonamides is 2. The third-order valence-electron chi connectivity index (χ3n) is 3.05. The van der Waals surface area contributed by atoms with Crippen LogP contribution in [0.1, 0.15) is 0 Å². The van der Waals surface area contributed by atoms with E-state index in [-0.39, 0.29) is 20.5 Å². The number of rotatable bonds is 5. The smallest absolute Gasteiger partial charge is 0.263 e. The molecule has 2 aromatic rings. The van der Waals surface area contributed by atoms with Crippen LogP contribution in [0.2, 0.25) is 5.02 Å². The third-order valence-corrected chi connectivity index (χ3v) is 7.22. The van der Waals surface area contributed by atoms with Crippen molar-refractivity contribution in [1.29, 1.82) is 0 Å². The van der Waals surface area contributed by atoms with Gasteiger partial charge in [-0.15, -0.1) is 0 Å². The van der Waals surface area contributed by atoms with Crippen LogP contribution in [0.4, 0.5) is 5.69 Å². The summed E-state index contributed by atoms with van der Waals surface area (Å²) < 4.78 is 53.2. The molecule has 0 unspecified atom stereocenters. The van der Waals surface area contributed by atoms with E-state index in [2.05, 4.69) is 20.7 Å². The molecule has 0 spiro atoms. The molecule has 0 aliphatic heterocycles. The first-order valence-electron chi connectivity index (χ1n) is 6.54. The maximum absolute atomic E-state index is 12.5. The van der Waals surface area contributed by atoms with Crippen molar-refractivity contribution in [1.82, 2.24) is 4.31 Å². The molecule has 24 heavy (non-hydrogen) atoms. The molecule has 2 aromatic carbocycles. The molecule has 0 atom stereocenters. The molecule has 2 rings (SSSR count). The van der Waals surface area contributed by atoms with Crippen LogP contribution in [0, 0.1) is 0 Å². The minimum absolute atomic E-state index is 0.0189. The molecule has 0 aliphatic carbocycles. The lowest BCUT2D eigenvalue weighted by Crippen LogP contribution is -2.22. The van der Waals surface area contributed by atoms with Gasteiger partial charge in [-0.2, -0.15) is 0 Å². The van der Waals surface area contributed by atoms with Gasteiger partial charge in [0.15, 0.2) is 0 Å². The summed E-state index contributed by atoms with van der Waals surface area (Å²) in [6, 6.07) is 9.92. The van der Waals surface area contributed by atoms with Crippen LogP contribution in [0.3, 0.4) is 0 Å². The lowest BCUT2D eigenvalue weighted by Gasteiger charge is -2.13. The van der Waals surface area contributed by atoms with Crippen LogP contribution < -0.4 is 4.72 Å². The zero-order valence-corrected chi connectivity index (χ0v) is 16.7. The Morgan fingerprint density at radius 3 is 2.29 bits per heavy atom. The lowest BCUT2D eigenvalue weighted by atomic mass is 10.3. The molecular formula is C14H14BrClN2O4S2. The van der Waals surface area contributed by atoms with Crippen molar-refractivity contribution < 1.29 is 16.8 Å². The number of anilines is 1. The van der Waals surface area contributed by atoms with E-state index in [9.17, 15) is 16.8 Å². The Kier molecular flexibility index (Phi) is 5.61. The monoisotopic (exact) mass is 452 g/mol. The van der Waals surface area contributed by atoms with Crippen molar-refractivity contribution in [2.45, 2.75) is 9.79 Å². The van der Waals surface area contributed by atoms with Gasteiger partial charge in [0, 0.05) is 18.6 Å². The van der Waals surface area contributed by atoms with Crippen molar-refractivity contribution in [3.05, 3.63) is 52.0 Å². The highest BCUT2D eigenvalue weighted by molar-refractivity contribution is 9.10. The Bertz CT molecular complexity index is 976. The molecule has 1 N–H and O–H groups in total. The Balaban J connectivity index is 2.41. The van der Waals surface area contributed by atoms with Crippen LogP contribution >= 0.6 is 27.5 Å². The van der Waals surface area contributed by atoms with Gasteiger partial charge in [0.25, 0.3) is 10.0 Å². The summed E-state index contributed by atoms with van der Waals surface area (Å²) in [4.78, 5) is -0.122. The van der Waals surface area contributed by atoms with Gasteiger partial charge in [0.2, 0.25) is 10.0 Å².